The van der Waals surface area contributed by atoms with Gasteiger partial charge in [0.1, 0.15) is 0 Å². The third kappa shape index (κ3) is 4.19. The third-order valence-corrected chi connectivity index (χ3v) is 3.82. The lowest BCUT2D eigenvalue weighted by Gasteiger charge is -2.09. The lowest BCUT2D eigenvalue weighted by Crippen LogP contribution is -2.11. The largest absolute Gasteiger partial charge is 0.435 e. The highest BCUT2D eigenvalue weighted by molar-refractivity contribution is 6.34. The number of aliphatic hydroxyl groups is 1. The highest BCUT2D eigenvalue weighted by atomic mass is 35.5. The molecule has 1 aromatic carbocycles. The van der Waals surface area contributed by atoms with E-state index in [0.29, 0.717) is 27.7 Å². The summed E-state index contributed by atoms with van der Waals surface area (Å²) in [5.74, 6) is 0. The van der Waals surface area contributed by atoms with Gasteiger partial charge in [0.05, 0.1) is 13.2 Å². The molecule has 1 heterocycles. The Morgan fingerprint density at radius 2 is 1.78 bits per heavy atom. The van der Waals surface area contributed by atoms with Crippen LogP contribution in [0.25, 0.3) is 0 Å². The zero-order valence-electron chi connectivity index (χ0n) is 12.3. The molecular formula is C15H15Cl2F3N2O. The van der Waals surface area contributed by atoms with Crippen LogP contribution in [0.3, 0.4) is 0 Å². The number of rotatable bonds is 5. The normalized spacial score (nSPS) is 12.0. The number of alkyl halides is 3. The van der Waals surface area contributed by atoms with E-state index in [2.05, 4.69) is 5.10 Å². The van der Waals surface area contributed by atoms with Crippen LogP contribution < -0.4 is 0 Å². The van der Waals surface area contributed by atoms with Gasteiger partial charge in [-0.2, -0.15) is 18.3 Å². The fraction of sp³-hybridized carbons (Fsp3) is 0.400. The number of hydrogen-bond acceptors (Lipinski definition) is 2. The Morgan fingerprint density at radius 3 is 2.26 bits per heavy atom. The molecule has 0 radical (unpaired) electrons. The molecule has 0 aliphatic rings. The first-order chi connectivity index (χ1) is 10.8. The number of halogens is 5. The molecule has 0 amide bonds. The topological polar surface area (TPSA) is 38.0 Å². The number of hydrogen-bond donors (Lipinski definition) is 1. The van der Waals surface area contributed by atoms with Crippen molar-refractivity contribution in [3.05, 3.63) is 50.8 Å². The van der Waals surface area contributed by atoms with Crippen molar-refractivity contribution in [2.24, 2.45) is 0 Å². The third-order valence-electron chi connectivity index (χ3n) is 3.38. The van der Waals surface area contributed by atoms with Gasteiger partial charge in [-0.15, -0.1) is 0 Å². The van der Waals surface area contributed by atoms with Gasteiger partial charge in [0.2, 0.25) is 0 Å². The molecule has 2 rings (SSSR count). The Balaban J connectivity index is 2.54. The van der Waals surface area contributed by atoms with Crippen molar-refractivity contribution in [3.63, 3.8) is 0 Å². The van der Waals surface area contributed by atoms with Crippen molar-refractivity contribution in [2.45, 2.75) is 32.5 Å². The van der Waals surface area contributed by atoms with E-state index in [0.717, 1.165) is 0 Å². The molecule has 0 aliphatic heterocycles. The van der Waals surface area contributed by atoms with Crippen LogP contribution in [0, 0.1) is 0 Å². The molecule has 1 aromatic heterocycles. The smallest absolute Gasteiger partial charge is 0.394 e. The number of aliphatic hydroxyl groups excluding tert-OH is 1. The molecule has 1 N–H and O–H groups in total. The predicted octanol–water partition coefficient (Wildman–Crippen LogP) is 4.35. The Labute approximate surface area is 141 Å². The van der Waals surface area contributed by atoms with Crippen LogP contribution in [-0.4, -0.2) is 21.5 Å². The molecule has 0 atom stereocenters. The maximum atomic E-state index is 13.3. The summed E-state index contributed by atoms with van der Waals surface area (Å²) in [4.78, 5) is 0. The van der Waals surface area contributed by atoms with Gasteiger partial charge in [0, 0.05) is 27.7 Å². The summed E-state index contributed by atoms with van der Waals surface area (Å²) in [6.07, 6.45) is -4.18. The van der Waals surface area contributed by atoms with Crippen molar-refractivity contribution in [2.75, 3.05) is 6.61 Å². The summed E-state index contributed by atoms with van der Waals surface area (Å²) < 4.78 is 41.1. The van der Waals surface area contributed by atoms with Crippen LogP contribution in [-0.2, 0) is 25.6 Å². The second-order valence-electron chi connectivity index (χ2n) is 5.03. The molecule has 0 aliphatic carbocycles. The van der Waals surface area contributed by atoms with E-state index in [1.807, 2.05) is 0 Å². The van der Waals surface area contributed by atoms with Crippen molar-refractivity contribution in [1.82, 2.24) is 9.78 Å². The molecule has 23 heavy (non-hydrogen) atoms. The molecule has 0 spiro atoms. The summed E-state index contributed by atoms with van der Waals surface area (Å²) in [5, 5.41) is 13.4. The molecule has 0 saturated heterocycles. The summed E-state index contributed by atoms with van der Waals surface area (Å²) in [6, 6.07) is 4.68. The number of aromatic nitrogens is 2. The Kier molecular flexibility index (Phi) is 5.60. The van der Waals surface area contributed by atoms with Crippen LogP contribution >= 0.6 is 23.2 Å². The van der Waals surface area contributed by atoms with E-state index in [1.54, 1.807) is 19.1 Å². The first-order valence-electron chi connectivity index (χ1n) is 6.97. The lowest BCUT2D eigenvalue weighted by atomic mass is 10.0. The number of benzene rings is 1. The van der Waals surface area contributed by atoms with Crippen molar-refractivity contribution in [1.29, 1.82) is 0 Å². The minimum Gasteiger partial charge on any atom is -0.394 e. The average molecular weight is 367 g/mol. The molecule has 0 bridgehead atoms. The van der Waals surface area contributed by atoms with Crippen LogP contribution in [0.2, 0.25) is 10.0 Å². The molecular weight excluding hydrogens is 352 g/mol. The van der Waals surface area contributed by atoms with Gasteiger partial charge in [-0.25, -0.2) is 0 Å². The molecule has 126 valence electrons. The Morgan fingerprint density at radius 1 is 1.17 bits per heavy atom. The fourth-order valence-corrected chi connectivity index (χ4v) is 3.11. The number of nitrogens with zero attached hydrogens (tertiary/aromatic N) is 2. The lowest BCUT2D eigenvalue weighted by molar-refractivity contribution is -0.142. The van der Waals surface area contributed by atoms with Crippen LogP contribution in [0.4, 0.5) is 13.2 Å². The molecule has 0 saturated carbocycles. The van der Waals surface area contributed by atoms with Gasteiger partial charge in [-0.3, -0.25) is 4.68 Å². The minimum absolute atomic E-state index is 0.0164. The summed E-state index contributed by atoms with van der Waals surface area (Å²) in [6.45, 7) is 1.48. The van der Waals surface area contributed by atoms with E-state index in [4.69, 9.17) is 28.3 Å². The maximum Gasteiger partial charge on any atom is 0.435 e. The van der Waals surface area contributed by atoms with E-state index in [-0.39, 0.29) is 25.1 Å². The van der Waals surface area contributed by atoms with Gasteiger partial charge < -0.3 is 5.11 Å². The van der Waals surface area contributed by atoms with Crippen LogP contribution in [0.5, 0.6) is 0 Å². The van der Waals surface area contributed by atoms with Crippen LogP contribution in [0.15, 0.2) is 18.2 Å². The summed E-state index contributed by atoms with van der Waals surface area (Å²) >= 11 is 11.8. The zero-order valence-corrected chi connectivity index (χ0v) is 13.8. The van der Waals surface area contributed by atoms with Gasteiger partial charge in [-0.1, -0.05) is 30.1 Å². The second-order valence-corrected chi connectivity index (χ2v) is 5.90. The Hall–Kier alpha value is -1.24. The summed E-state index contributed by atoms with van der Waals surface area (Å²) in [5.41, 5.74) is 0.180. The molecule has 0 unspecified atom stereocenters. The van der Waals surface area contributed by atoms with Crippen molar-refractivity contribution >= 4 is 23.2 Å². The average Bonchev–Trinajstić information content (AvgIpc) is 2.75. The molecule has 2 aromatic rings. The fourth-order valence-electron chi connectivity index (χ4n) is 2.54. The van der Waals surface area contributed by atoms with E-state index < -0.39 is 11.9 Å². The Bertz CT molecular complexity index is 679. The van der Waals surface area contributed by atoms with Gasteiger partial charge >= 0.3 is 6.18 Å². The maximum absolute atomic E-state index is 13.3. The quantitative estimate of drug-likeness (QED) is 0.853. The van der Waals surface area contributed by atoms with Gasteiger partial charge in [0.15, 0.2) is 5.69 Å². The van der Waals surface area contributed by atoms with Gasteiger partial charge in [-0.05, 0) is 30.2 Å². The first kappa shape index (κ1) is 18.1. The van der Waals surface area contributed by atoms with Gasteiger partial charge in [0.25, 0.3) is 0 Å². The van der Waals surface area contributed by atoms with E-state index in [1.165, 1.54) is 10.7 Å². The highest BCUT2D eigenvalue weighted by Crippen LogP contribution is 2.34. The van der Waals surface area contributed by atoms with Crippen molar-refractivity contribution in [3.8, 4) is 0 Å². The van der Waals surface area contributed by atoms with E-state index >= 15 is 0 Å². The monoisotopic (exact) mass is 366 g/mol. The predicted molar refractivity (Wildman–Crippen MR) is 83.0 cm³/mol. The first-order valence-corrected chi connectivity index (χ1v) is 7.73. The molecule has 3 nitrogen and oxygen atoms in total. The zero-order chi connectivity index (χ0) is 17.2. The van der Waals surface area contributed by atoms with E-state index in [9.17, 15) is 13.2 Å². The highest BCUT2D eigenvalue weighted by Gasteiger charge is 2.38. The molecule has 0 fully saturated rings. The minimum atomic E-state index is -4.57. The SMILES string of the molecule is CCc1c(Cc2cc(Cl)cc(Cl)c2)c(C(F)(F)F)nn1CCO. The standard InChI is InChI=1S/C15H15Cl2F3N2O/c1-2-13-12(7-9-5-10(16)8-11(17)6-9)14(15(18,19)20)21-22(13)3-4-23/h5-6,8,23H,2-4,7H2,1H3. The van der Waals surface area contributed by atoms with Crippen molar-refractivity contribution < 1.29 is 18.3 Å². The molecule has 8 heteroatoms. The summed E-state index contributed by atoms with van der Waals surface area (Å²) in [7, 11) is 0. The van der Waals surface area contributed by atoms with Crippen LogP contribution in [0.1, 0.15) is 29.4 Å². The second kappa shape index (κ2) is 7.11.